The normalized spacial score (nSPS) is 14.3. The van der Waals surface area contributed by atoms with Crippen LogP contribution >= 0.6 is 0 Å². The van der Waals surface area contributed by atoms with Crippen molar-refractivity contribution in [2.75, 3.05) is 41.3 Å². The molecule has 6 nitrogen and oxygen atoms in total. The number of piperazine rings is 1. The van der Waals surface area contributed by atoms with Gasteiger partial charge in [-0.2, -0.15) is 0 Å². The van der Waals surface area contributed by atoms with Gasteiger partial charge in [0.25, 0.3) is 0 Å². The summed E-state index contributed by atoms with van der Waals surface area (Å²) in [4.78, 5) is 17.6. The van der Waals surface area contributed by atoms with E-state index in [1.165, 1.54) is 16.8 Å². The van der Waals surface area contributed by atoms with Gasteiger partial charge in [-0.05, 0) is 42.3 Å². The van der Waals surface area contributed by atoms with E-state index in [-0.39, 0.29) is 0 Å². The number of hydrogen-bond donors (Lipinski definition) is 1. The Bertz CT molecular complexity index is 875. The molecule has 1 aromatic carbocycles. The van der Waals surface area contributed by atoms with Crippen LogP contribution in [0.5, 0.6) is 0 Å². The van der Waals surface area contributed by atoms with Gasteiger partial charge in [-0.1, -0.05) is 12.1 Å². The van der Waals surface area contributed by atoms with Gasteiger partial charge >= 0.3 is 0 Å². The number of pyridine rings is 1. The molecule has 3 heterocycles. The lowest BCUT2D eigenvalue weighted by molar-refractivity contribution is 0.646. The average molecular weight is 360 g/mol. The third-order valence-corrected chi connectivity index (χ3v) is 4.85. The molecule has 4 rings (SSSR count). The number of hydrogen-bond acceptors (Lipinski definition) is 6. The van der Waals surface area contributed by atoms with Crippen molar-refractivity contribution in [3.8, 4) is 0 Å². The highest BCUT2D eigenvalue weighted by atomic mass is 15.3. The Hall–Kier alpha value is -3.15. The van der Waals surface area contributed by atoms with Crippen LogP contribution in [0.4, 0.5) is 17.3 Å². The van der Waals surface area contributed by atoms with E-state index in [1.807, 2.05) is 18.2 Å². The molecule has 1 aliphatic heterocycles. The quantitative estimate of drug-likeness (QED) is 0.754. The van der Waals surface area contributed by atoms with Crippen molar-refractivity contribution in [1.82, 2.24) is 15.0 Å². The summed E-state index contributed by atoms with van der Waals surface area (Å²) in [7, 11) is 0. The van der Waals surface area contributed by atoms with Crippen LogP contribution in [0.15, 0.2) is 61.2 Å². The standard InChI is InChI=1S/C21H24N6/c1-17-3-2-4-19(13-17)26-9-11-27(12-10-26)21-14-20(24-16-25-21)23-15-18-5-7-22-8-6-18/h2-8,13-14,16H,9-12,15H2,1H3,(H,23,24,25). The summed E-state index contributed by atoms with van der Waals surface area (Å²) in [6, 6.07) is 14.7. The molecule has 0 spiro atoms. The zero-order valence-corrected chi connectivity index (χ0v) is 15.5. The molecule has 1 saturated heterocycles. The molecule has 138 valence electrons. The van der Waals surface area contributed by atoms with Crippen LogP contribution in [0.25, 0.3) is 0 Å². The van der Waals surface area contributed by atoms with Crippen LogP contribution in [0.1, 0.15) is 11.1 Å². The summed E-state index contributed by atoms with van der Waals surface area (Å²) in [5.41, 5.74) is 3.78. The third kappa shape index (κ3) is 4.34. The van der Waals surface area contributed by atoms with Crippen molar-refractivity contribution in [2.45, 2.75) is 13.5 Å². The molecule has 1 fully saturated rings. The fourth-order valence-corrected chi connectivity index (χ4v) is 3.33. The van der Waals surface area contributed by atoms with Crippen molar-refractivity contribution >= 4 is 17.3 Å². The largest absolute Gasteiger partial charge is 0.368 e. The SMILES string of the molecule is Cc1cccc(N2CCN(c3cc(NCc4ccncc4)ncn3)CC2)c1. The van der Waals surface area contributed by atoms with Crippen molar-refractivity contribution in [3.63, 3.8) is 0 Å². The van der Waals surface area contributed by atoms with E-state index >= 15 is 0 Å². The van der Waals surface area contributed by atoms with Gasteiger partial charge in [-0.3, -0.25) is 4.98 Å². The first-order valence-electron chi connectivity index (χ1n) is 9.29. The zero-order chi connectivity index (χ0) is 18.5. The molecule has 27 heavy (non-hydrogen) atoms. The van der Waals surface area contributed by atoms with Gasteiger partial charge in [-0.25, -0.2) is 9.97 Å². The van der Waals surface area contributed by atoms with E-state index in [0.717, 1.165) is 44.4 Å². The minimum atomic E-state index is 0.722. The Kier molecular flexibility index (Phi) is 5.14. The lowest BCUT2D eigenvalue weighted by atomic mass is 10.2. The second kappa shape index (κ2) is 8.03. The van der Waals surface area contributed by atoms with Crippen molar-refractivity contribution in [2.24, 2.45) is 0 Å². The van der Waals surface area contributed by atoms with Gasteiger partial charge in [0, 0.05) is 56.9 Å². The Morgan fingerprint density at radius 3 is 2.48 bits per heavy atom. The number of anilines is 3. The van der Waals surface area contributed by atoms with Crippen LogP contribution in [-0.2, 0) is 6.54 Å². The molecule has 0 aliphatic carbocycles. The molecule has 0 saturated carbocycles. The second-order valence-electron chi connectivity index (χ2n) is 6.78. The number of aromatic nitrogens is 3. The van der Waals surface area contributed by atoms with Gasteiger partial charge in [0.05, 0.1) is 0 Å². The van der Waals surface area contributed by atoms with E-state index < -0.39 is 0 Å². The summed E-state index contributed by atoms with van der Waals surface area (Å²) in [5.74, 6) is 1.82. The van der Waals surface area contributed by atoms with Crippen molar-refractivity contribution in [1.29, 1.82) is 0 Å². The number of benzene rings is 1. The van der Waals surface area contributed by atoms with E-state index in [1.54, 1.807) is 18.7 Å². The molecule has 6 heteroatoms. The van der Waals surface area contributed by atoms with E-state index in [9.17, 15) is 0 Å². The van der Waals surface area contributed by atoms with Crippen molar-refractivity contribution < 1.29 is 0 Å². The molecule has 0 amide bonds. The topological polar surface area (TPSA) is 57.2 Å². The third-order valence-electron chi connectivity index (χ3n) is 4.85. The maximum atomic E-state index is 4.48. The highest BCUT2D eigenvalue weighted by molar-refractivity contribution is 5.53. The van der Waals surface area contributed by atoms with Gasteiger partial charge < -0.3 is 15.1 Å². The minimum absolute atomic E-state index is 0.722. The monoisotopic (exact) mass is 360 g/mol. The molecule has 1 N–H and O–H groups in total. The van der Waals surface area contributed by atoms with E-state index in [0.29, 0.717) is 0 Å². The molecule has 0 atom stereocenters. The highest BCUT2D eigenvalue weighted by Crippen LogP contribution is 2.21. The number of aryl methyl sites for hydroxylation is 1. The van der Waals surface area contributed by atoms with E-state index in [2.05, 4.69) is 61.3 Å². The first-order valence-corrected chi connectivity index (χ1v) is 9.29. The van der Waals surface area contributed by atoms with Crippen LogP contribution in [-0.4, -0.2) is 41.1 Å². The Morgan fingerprint density at radius 1 is 0.926 bits per heavy atom. The van der Waals surface area contributed by atoms with Gasteiger partial charge in [-0.15, -0.1) is 0 Å². The molecule has 2 aromatic heterocycles. The number of nitrogens with zero attached hydrogens (tertiary/aromatic N) is 5. The summed E-state index contributed by atoms with van der Waals surface area (Å²) >= 11 is 0. The van der Waals surface area contributed by atoms with Crippen LogP contribution in [0.3, 0.4) is 0 Å². The fourth-order valence-electron chi connectivity index (χ4n) is 3.33. The van der Waals surface area contributed by atoms with Crippen LogP contribution in [0, 0.1) is 6.92 Å². The van der Waals surface area contributed by atoms with Gasteiger partial charge in [0.1, 0.15) is 18.0 Å². The molecule has 0 unspecified atom stereocenters. The first-order chi connectivity index (χ1) is 13.3. The Morgan fingerprint density at radius 2 is 1.70 bits per heavy atom. The second-order valence-corrected chi connectivity index (χ2v) is 6.78. The summed E-state index contributed by atoms with van der Waals surface area (Å²) < 4.78 is 0. The van der Waals surface area contributed by atoms with Gasteiger partial charge in [0.2, 0.25) is 0 Å². The maximum absolute atomic E-state index is 4.48. The molecule has 0 radical (unpaired) electrons. The lowest BCUT2D eigenvalue weighted by Crippen LogP contribution is -2.46. The molecular formula is C21H24N6. The number of rotatable bonds is 5. The highest BCUT2D eigenvalue weighted by Gasteiger charge is 2.18. The maximum Gasteiger partial charge on any atom is 0.134 e. The van der Waals surface area contributed by atoms with E-state index in [4.69, 9.17) is 0 Å². The van der Waals surface area contributed by atoms with Gasteiger partial charge in [0.15, 0.2) is 0 Å². The Labute approximate surface area is 159 Å². The minimum Gasteiger partial charge on any atom is -0.368 e. The molecule has 3 aromatic rings. The zero-order valence-electron chi connectivity index (χ0n) is 15.5. The summed E-state index contributed by atoms with van der Waals surface area (Å²) in [5, 5.41) is 3.37. The molecule has 1 aliphatic rings. The van der Waals surface area contributed by atoms with Crippen molar-refractivity contribution in [3.05, 3.63) is 72.3 Å². The number of nitrogens with one attached hydrogen (secondary N) is 1. The fraction of sp³-hybridized carbons (Fsp3) is 0.286. The predicted octanol–water partition coefficient (Wildman–Crippen LogP) is 3.12. The smallest absolute Gasteiger partial charge is 0.134 e. The Balaban J connectivity index is 1.37. The average Bonchev–Trinajstić information content (AvgIpc) is 2.73. The van der Waals surface area contributed by atoms with Crippen LogP contribution in [0.2, 0.25) is 0 Å². The summed E-state index contributed by atoms with van der Waals surface area (Å²) in [6.45, 7) is 6.76. The first kappa shape index (κ1) is 17.3. The van der Waals surface area contributed by atoms with Crippen LogP contribution < -0.4 is 15.1 Å². The summed E-state index contributed by atoms with van der Waals surface area (Å²) in [6.07, 6.45) is 5.24. The molecular weight excluding hydrogens is 336 g/mol. The predicted molar refractivity (Wildman–Crippen MR) is 109 cm³/mol. The molecule has 0 bridgehead atoms. The lowest BCUT2D eigenvalue weighted by Gasteiger charge is -2.36.